The van der Waals surface area contributed by atoms with Gasteiger partial charge in [-0.15, -0.1) is 0 Å². The Morgan fingerprint density at radius 2 is 1.83 bits per heavy atom. The zero-order valence-electron chi connectivity index (χ0n) is 21.9. The van der Waals surface area contributed by atoms with Crippen LogP contribution >= 0.6 is 0 Å². The second-order valence-electron chi connectivity index (χ2n) is 8.26. The van der Waals surface area contributed by atoms with Crippen LogP contribution in [-0.4, -0.2) is 41.5 Å². The molecular weight excluding hydrogens is 434 g/mol. The average molecular weight is 478 g/mol. The molecular formula is C28H43N7. The van der Waals surface area contributed by atoms with Crippen molar-refractivity contribution in [1.82, 2.24) is 20.2 Å². The Morgan fingerprint density at radius 1 is 1.17 bits per heavy atom. The second kappa shape index (κ2) is 16.1. The molecule has 1 aliphatic rings. The van der Waals surface area contributed by atoms with Gasteiger partial charge in [-0.25, -0.2) is 9.97 Å². The number of benzene rings is 1. The molecule has 0 bridgehead atoms. The summed E-state index contributed by atoms with van der Waals surface area (Å²) in [4.78, 5) is 11.4. The van der Waals surface area contributed by atoms with E-state index in [1.807, 2.05) is 39.1 Å². The largest absolute Gasteiger partial charge is 0.405 e. The van der Waals surface area contributed by atoms with Crippen LogP contribution in [0.1, 0.15) is 42.4 Å². The van der Waals surface area contributed by atoms with Gasteiger partial charge in [0.05, 0.1) is 17.1 Å². The number of hydrogen-bond donors (Lipinski definition) is 4. The van der Waals surface area contributed by atoms with E-state index in [9.17, 15) is 0 Å². The molecule has 1 aliphatic heterocycles. The highest BCUT2D eigenvalue weighted by atomic mass is 15.2. The number of rotatable bonds is 9. The molecule has 3 rings (SSSR count). The van der Waals surface area contributed by atoms with Crippen LogP contribution in [-0.2, 0) is 6.42 Å². The Bertz CT molecular complexity index is 991. The molecule has 7 nitrogen and oxygen atoms in total. The summed E-state index contributed by atoms with van der Waals surface area (Å²) in [7, 11) is 1.89. The van der Waals surface area contributed by atoms with Gasteiger partial charge >= 0.3 is 0 Å². The molecule has 0 amide bonds. The quantitative estimate of drug-likeness (QED) is 0.385. The van der Waals surface area contributed by atoms with E-state index in [1.165, 1.54) is 31.3 Å². The van der Waals surface area contributed by atoms with E-state index in [2.05, 4.69) is 76.1 Å². The van der Waals surface area contributed by atoms with Gasteiger partial charge in [-0.2, -0.15) is 0 Å². The summed E-state index contributed by atoms with van der Waals surface area (Å²) in [5.74, 6) is 0.652. The molecule has 6 N–H and O–H groups in total. The van der Waals surface area contributed by atoms with Crippen molar-refractivity contribution < 1.29 is 0 Å². The lowest BCUT2D eigenvalue weighted by molar-refractivity contribution is 0.203. The Labute approximate surface area is 211 Å². The van der Waals surface area contributed by atoms with Crippen LogP contribution in [0.4, 0.5) is 11.5 Å². The summed E-state index contributed by atoms with van der Waals surface area (Å²) >= 11 is 0. The fraction of sp³-hybridized carbons (Fsp3) is 0.357. The molecule has 35 heavy (non-hydrogen) atoms. The lowest BCUT2D eigenvalue weighted by Gasteiger charge is -2.29. The maximum absolute atomic E-state index is 5.83. The Hall–Kier alpha value is -3.58. The molecule has 0 radical (unpaired) electrons. The molecule has 0 unspecified atom stereocenters. The van der Waals surface area contributed by atoms with Crippen LogP contribution in [0.5, 0.6) is 0 Å². The summed E-state index contributed by atoms with van der Waals surface area (Å²) < 4.78 is 0. The second-order valence-corrected chi connectivity index (χ2v) is 8.26. The Balaban J connectivity index is 0.000000366. The lowest BCUT2D eigenvalue weighted by Crippen LogP contribution is -2.36. The highest BCUT2D eigenvalue weighted by molar-refractivity contribution is 5.71. The van der Waals surface area contributed by atoms with E-state index < -0.39 is 0 Å². The average Bonchev–Trinajstić information content (AvgIpc) is 2.79. The van der Waals surface area contributed by atoms with Gasteiger partial charge in [0.2, 0.25) is 0 Å². The van der Waals surface area contributed by atoms with Gasteiger partial charge in [0.25, 0.3) is 0 Å². The van der Waals surface area contributed by atoms with Crippen LogP contribution in [0.2, 0.25) is 0 Å². The maximum atomic E-state index is 5.83. The van der Waals surface area contributed by atoms with E-state index in [1.54, 1.807) is 0 Å². The molecule has 0 spiro atoms. The molecule has 7 heteroatoms. The fourth-order valence-electron chi connectivity index (χ4n) is 3.14. The molecule has 2 heterocycles. The number of nitrogens with one attached hydrogen (secondary N) is 2. The van der Waals surface area contributed by atoms with Crippen molar-refractivity contribution in [3.05, 3.63) is 90.7 Å². The van der Waals surface area contributed by atoms with Crippen molar-refractivity contribution in [2.75, 3.05) is 32.0 Å². The summed E-state index contributed by atoms with van der Waals surface area (Å²) in [6.07, 6.45) is 8.97. The van der Waals surface area contributed by atoms with Crippen molar-refractivity contribution >= 4 is 17.2 Å². The standard InChI is InChI=1S/C17H22N4.C9H16N2.C2H5N/c1-5-7-14-8-6-9-15(10-14)21-17-16(11(2)18)19-12(3)13(4)20-17;1-9(10-2)5-3-6-11-7-4-8-11;1-2-3/h6,8-10H,2,5,7,18H2,1,3-4H3,(H,20,21);3,5,10H,1,4,6-8H2,2H3;2H,1,3H2/b;5-3+;. The molecule has 1 aromatic heterocycles. The molecule has 1 saturated heterocycles. The van der Waals surface area contributed by atoms with E-state index in [0.717, 1.165) is 42.2 Å². The minimum atomic E-state index is 0.415. The van der Waals surface area contributed by atoms with Gasteiger partial charge in [0, 0.05) is 25.0 Å². The number of allylic oxidation sites excluding steroid dienone is 1. The highest BCUT2D eigenvalue weighted by Gasteiger charge is 2.11. The topological polar surface area (TPSA) is 105 Å². The first-order valence-corrected chi connectivity index (χ1v) is 12.0. The maximum Gasteiger partial charge on any atom is 0.158 e. The first kappa shape index (κ1) is 29.5. The molecule has 2 aromatic rings. The number of aromatic nitrogens is 2. The van der Waals surface area contributed by atoms with Gasteiger partial charge < -0.3 is 22.1 Å². The van der Waals surface area contributed by atoms with Crippen LogP contribution in [0.3, 0.4) is 0 Å². The molecule has 0 atom stereocenters. The van der Waals surface area contributed by atoms with Gasteiger partial charge in [-0.1, -0.05) is 51.3 Å². The van der Waals surface area contributed by atoms with Crippen molar-refractivity contribution in [3.8, 4) is 0 Å². The third kappa shape index (κ3) is 10.9. The van der Waals surface area contributed by atoms with Crippen molar-refractivity contribution in [2.45, 2.75) is 40.0 Å². The Morgan fingerprint density at radius 3 is 2.37 bits per heavy atom. The van der Waals surface area contributed by atoms with Crippen molar-refractivity contribution in [3.63, 3.8) is 0 Å². The third-order valence-electron chi connectivity index (χ3n) is 5.29. The van der Waals surface area contributed by atoms with E-state index in [-0.39, 0.29) is 0 Å². The van der Waals surface area contributed by atoms with Gasteiger partial charge in [-0.3, -0.25) is 4.90 Å². The number of likely N-dealkylation sites (tertiary alicyclic amines) is 1. The van der Waals surface area contributed by atoms with Crippen LogP contribution in [0.15, 0.2) is 68.1 Å². The zero-order chi connectivity index (χ0) is 26.2. The first-order chi connectivity index (χ1) is 16.7. The van der Waals surface area contributed by atoms with E-state index in [4.69, 9.17) is 5.73 Å². The van der Waals surface area contributed by atoms with Gasteiger partial charge in [0.15, 0.2) is 5.82 Å². The van der Waals surface area contributed by atoms with E-state index >= 15 is 0 Å². The fourth-order valence-corrected chi connectivity index (χ4v) is 3.14. The highest BCUT2D eigenvalue weighted by Crippen LogP contribution is 2.23. The monoisotopic (exact) mass is 477 g/mol. The molecule has 1 fully saturated rings. The lowest BCUT2D eigenvalue weighted by atomic mass is 10.1. The summed E-state index contributed by atoms with van der Waals surface area (Å²) in [6.45, 7) is 20.3. The first-order valence-electron chi connectivity index (χ1n) is 12.0. The van der Waals surface area contributed by atoms with Crippen LogP contribution in [0.25, 0.3) is 5.70 Å². The number of likely N-dealkylation sites (N-methyl/N-ethyl adjacent to an activating group) is 1. The number of anilines is 2. The SMILES string of the molecule is C=C(/C=C/CN1CCC1)NC.C=C(N)c1nc(C)c(C)nc1Nc1cccc(CCC)c1.C=CN. The summed E-state index contributed by atoms with van der Waals surface area (Å²) in [5.41, 5.74) is 16.5. The minimum absolute atomic E-state index is 0.415. The number of nitrogens with zero attached hydrogens (tertiary/aromatic N) is 3. The number of hydrogen-bond acceptors (Lipinski definition) is 7. The minimum Gasteiger partial charge on any atom is -0.405 e. The number of aryl methyl sites for hydroxylation is 3. The van der Waals surface area contributed by atoms with E-state index in [0.29, 0.717) is 17.2 Å². The molecule has 0 aliphatic carbocycles. The summed E-state index contributed by atoms with van der Waals surface area (Å²) in [5, 5.41) is 6.28. The van der Waals surface area contributed by atoms with Crippen LogP contribution < -0.4 is 22.1 Å². The number of nitrogens with two attached hydrogens (primary N) is 2. The van der Waals surface area contributed by atoms with Crippen molar-refractivity contribution in [2.24, 2.45) is 11.5 Å². The van der Waals surface area contributed by atoms with Crippen LogP contribution in [0, 0.1) is 13.8 Å². The molecule has 1 aromatic carbocycles. The van der Waals surface area contributed by atoms with Crippen molar-refractivity contribution in [1.29, 1.82) is 0 Å². The summed E-state index contributed by atoms with van der Waals surface area (Å²) in [6, 6.07) is 8.31. The predicted octanol–water partition coefficient (Wildman–Crippen LogP) is 4.79. The zero-order valence-corrected chi connectivity index (χ0v) is 21.9. The molecule has 190 valence electrons. The van der Waals surface area contributed by atoms with Gasteiger partial charge in [-0.05, 0) is 69.8 Å². The normalized spacial score (nSPS) is 12.3. The third-order valence-corrected chi connectivity index (χ3v) is 5.29. The Kier molecular flexibility index (Phi) is 13.6. The molecule has 0 saturated carbocycles. The van der Waals surface area contributed by atoms with Gasteiger partial charge in [0.1, 0.15) is 5.69 Å². The smallest absolute Gasteiger partial charge is 0.158 e. The predicted molar refractivity (Wildman–Crippen MR) is 151 cm³/mol.